The zero-order valence-corrected chi connectivity index (χ0v) is 9.62. The standard InChI is InChI=1S/C8H16N2O4S/c1-7(5-9)15(12,13)10-8(3-4-11)6-14-2/h7-8,10-11H,3-4,6H2,1-2H3. The summed E-state index contributed by atoms with van der Waals surface area (Å²) in [5, 5.41) is 16.1. The molecule has 0 radical (unpaired) electrons. The van der Waals surface area contributed by atoms with Crippen LogP contribution in [0.3, 0.4) is 0 Å². The molecule has 0 aromatic carbocycles. The maximum atomic E-state index is 11.5. The Bertz CT molecular complexity index is 303. The van der Waals surface area contributed by atoms with E-state index in [4.69, 9.17) is 15.1 Å². The summed E-state index contributed by atoms with van der Waals surface area (Å²) in [5.74, 6) is 0. The molecule has 0 aliphatic rings. The van der Waals surface area contributed by atoms with Crippen LogP contribution in [0.1, 0.15) is 13.3 Å². The van der Waals surface area contributed by atoms with Crippen molar-refractivity contribution >= 4 is 10.0 Å². The highest BCUT2D eigenvalue weighted by molar-refractivity contribution is 7.90. The van der Waals surface area contributed by atoms with Gasteiger partial charge in [-0.25, -0.2) is 13.1 Å². The Balaban J connectivity index is 4.46. The second-order valence-electron chi connectivity index (χ2n) is 3.10. The first-order valence-corrected chi connectivity index (χ1v) is 6.03. The normalized spacial score (nSPS) is 15.6. The quantitative estimate of drug-likeness (QED) is 0.604. The monoisotopic (exact) mass is 236 g/mol. The van der Waals surface area contributed by atoms with Crippen LogP contribution < -0.4 is 4.72 Å². The third kappa shape index (κ3) is 5.09. The molecule has 0 saturated carbocycles. The minimum absolute atomic E-state index is 0.141. The van der Waals surface area contributed by atoms with Crippen LogP contribution in [0, 0.1) is 11.3 Å². The summed E-state index contributed by atoms with van der Waals surface area (Å²) in [7, 11) is -2.22. The van der Waals surface area contributed by atoms with Crippen LogP contribution in [0.4, 0.5) is 0 Å². The van der Waals surface area contributed by atoms with Crippen LogP contribution >= 0.6 is 0 Å². The number of hydrogen-bond donors (Lipinski definition) is 2. The number of rotatable bonds is 7. The lowest BCUT2D eigenvalue weighted by Crippen LogP contribution is -2.42. The Hall–Kier alpha value is -0.680. The van der Waals surface area contributed by atoms with Gasteiger partial charge in [-0.05, 0) is 13.3 Å². The molecule has 0 fully saturated rings. The van der Waals surface area contributed by atoms with Gasteiger partial charge in [-0.3, -0.25) is 0 Å². The van der Waals surface area contributed by atoms with Gasteiger partial charge in [0.15, 0.2) is 5.25 Å². The summed E-state index contributed by atoms with van der Waals surface area (Å²) in [6.45, 7) is 1.32. The highest BCUT2D eigenvalue weighted by Gasteiger charge is 2.23. The number of nitrogens with zero attached hydrogens (tertiary/aromatic N) is 1. The summed E-state index contributed by atoms with van der Waals surface area (Å²) < 4.78 is 30.0. The summed E-state index contributed by atoms with van der Waals surface area (Å²) in [6, 6.07) is 1.14. The molecule has 2 unspecified atom stereocenters. The van der Waals surface area contributed by atoms with Gasteiger partial charge < -0.3 is 9.84 Å². The lowest BCUT2D eigenvalue weighted by molar-refractivity contribution is 0.158. The van der Waals surface area contributed by atoms with Crippen LogP contribution in [0.2, 0.25) is 0 Å². The van der Waals surface area contributed by atoms with Gasteiger partial charge in [0, 0.05) is 19.8 Å². The van der Waals surface area contributed by atoms with E-state index in [1.165, 1.54) is 14.0 Å². The van der Waals surface area contributed by atoms with Gasteiger partial charge in [-0.1, -0.05) is 0 Å². The van der Waals surface area contributed by atoms with Crippen molar-refractivity contribution < 1.29 is 18.3 Å². The topological polar surface area (TPSA) is 99.4 Å². The van der Waals surface area contributed by atoms with Crippen molar-refractivity contribution in [1.29, 1.82) is 5.26 Å². The summed E-state index contributed by atoms with van der Waals surface area (Å²) in [6.07, 6.45) is 0.255. The summed E-state index contributed by atoms with van der Waals surface area (Å²) in [4.78, 5) is 0. The molecule has 0 aliphatic heterocycles. The smallest absolute Gasteiger partial charge is 0.228 e. The van der Waals surface area contributed by atoms with Crippen molar-refractivity contribution in [2.24, 2.45) is 0 Å². The lowest BCUT2D eigenvalue weighted by Gasteiger charge is -2.17. The highest BCUT2D eigenvalue weighted by atomic mass is 32.2. The molecule has 0 aromatic rings. The zero-order valence-electron chi connectivity index (χ0n) is 8.80. The van der Waals surface area contributed by atoms with E-state index in [1.807, 2.05) is 0 Å². The lowest BCUT2D eigenvalue weighted by atomic mass is 10.2. The van der Waals surface area contributed by atoms with Crippen LogP contribution in [-0.4, -0.2) is 45.1 Å². The molecule has 0 saturated heterocycles. The van der Waals surface area contributed by atoms with E-state index >= 15 is 0 Å². The molecule has 6 nitrogen and oxygen atoms in total. The van der Waals surface area contributed by atoms with Crippen LogP contribution in [0.5, 0.6) is 0 Å². The van der Waals surface area contributed by atoms with Gasteiger partial charge in [-0.2, -0.15) is 5.26 Å². The van der Waals surface area contributed by atoms with Gasteiger partial charge in [0.1, 0.15) is 0 Å². The van der Waals surface area contributed by atoms with Crippen LogP contribution in [-0.2, 0) is 14.8 Å². The number of methoxy groups -OCH3 is 1. The number of nitrogens with one attached hydrogen (secondary N) is 1. The SMILES string of the molecule is COCC(CCO)NS(=O)(=O)C(C)C#N. The molecule has 2 atom stereocenters. The predicted molar refractivity (Wildman–Crippen MR) is 54.5 cm³/mol. The van der Waals surface area contributed by atoms with Gasteiger partial charge in [0.2, 0.25) is 10.0 Å². The van der Waals surface area contributed by atoms with E-state index in [2.05, 4.69) is 4.72 Å². The van der Waals surface area contributed by atoms with Gasteiger partial charge >= 0.3 is 0 Å². The maximum Gasteiger partial charge on any atom is 0.228 e. The number of sulfonamides is 1. The van der Waals surface area contributed by atoms with Gasteiger partial charge in [-0.15, -0.1) is 0 Å². The van der Waals surface area contributed by atoms with Crippen molar-refractivity contribution in [2.45, 2.75) is 24.6 Å². The molecule has 0 spiro atoms. The Morgan fingerprint density at radius 3 is 2.60 bits per heavy atom. The van der Waals surface area contributed by atoms with Crippen molar-refractivity contribution in [3.63, 3.8) is 0 Å². The second-order valence-corrected chi connectivity index (χ2v) is 5.13. The first-order valence-electron chi connectivity index (χ1n) is 4.48. The number of aliphatic hydroxyl groups excluding tert-OH is 1. The van der Waals surface area contributed by atoms with E-state index in [1.54, 1.807) is 6.07 Å². The molecule has 7 heteroatoms. The van der Waals surface area contributed by atoms with E-state index < -0.39 is 21.3 Å². The summed E-state index contributed by atoms with van der Waals surface area (Å²) in [5.41, 5.74) is 0. The van der Waals surface area contributed by atoms with Crippen molar-refractivity contribution in [1.82, 2.24) is 4.72 Å². The number of nitriles is 1. The van der Waals surface area contributed by atoms with Crippen LogP contribution in [0.25, 0.3) is 0 Å². The first-order chi connectivity index (χ1) is 6.97. The Kier molecular flexibility index (Phi) is 6.43. The number of aliphatic hydroxyl groups is 1. The first kappa shape index (κ1) is 14.3. The fraction of sp³-hybridized carbons (Fsp3) is 0.875. The van der Waals surface area contributed by atoms with Crippen molar-refractivity contribution in [3.05, 3.63) is 0 Å². The fourth-order valence-corrected chi connectivity index (χ4v) is 1.93. The maximum absolute atomic E-state index is 11.5. The molecule has 0 aromatic heterocycles. The Morgan fingerprint density at radius 2 is 2.20 bits per heavy atom. The number of ether oxygens (including phenoxy) is 1. The largest absolute Gasteiger partial charge is 0.396 e. The van der Waals surface area contributed by atoms with E-state index in [0.717, 1.165) is 0 Å². The van der Waals surface area contributed by atoms with Crippen LogP contribution in [0.15, 0.2) is 0 Å². The second kappa shape index (κ2) is 6.74. The average molecular weight is 236 g/mol. The molecular weight excluding hydrogens is 220 g/mol. The molecule has 0 aliphatic carbocycles. The third-order valence-corrected chi connectivity index (χ3v) is 3.52. The van der Waals surface area contributed by atoms with E-state index in [0.29, 0.717) is 0 Å². The molecule has 0 amide bonds. The van der Waals surface area contributed by atoms with Gasteiger partial charge in [0.25, 0.3) is 0 Å². The number of hydrogen-bond acceptors (Lipinski definition) is 5. The fourth-order valence-electron chi connectivity index (χ4n) is 0.937. The average Bonchev–Trinajstić information content (AvgIpc) is 2.16. The molecule has 0 heterocycles. The molecule has 15 heavy (non-hydrogen) atoms. The molecule has 2 N–H and O–H groups in total. The zero-order chi connectivity index (χ0) is 11.9. The molecular formula is C8H16N2O4S. The highest BCUT2D eigenvalue weighted by Crippen LogP contribution is 2.01. The van der Waals surface area contributed by atoms with Crippen molar-refractivity contribution in [2.75, 3.05) is 20.3 Å². The third-order valence-electron chi connectivity index (χ3n) is 1.82. The Morgan fingerprint density at radius 1 is 1.60 bits per heavy atom. The van der Waals surface area contributed by atoms with Crippen molar-refractivity contribution in [3.8, 4) is 6.07 Å². The minimum Gasteiger partial charge on any atom is -0.396 e. The van der Waals surface area contributed by atoms with E-state index in [-0.39, 0.29) is 19.6 Å². The summed E-state index contributed by atoms with van der Waals surface area (Å²) >= 11 is 0. The van der Waals surface area contributed by atoms with Gasteiger partial charge in [0.05, 0.1) is 12.7 Å². The minimum atomic E-state index is -3.66. The predicted octanol–water partition coefficient (Wildman–Crippen LogP) is -0.785. The molecule has 0 bridgehead atoms. The molecule has 88 valence electrons. The molecule has 0 rings (SSSR count). The van der Waals surface area contributed by atoms with E-state index in [9.17, 15) is 8.42 Å². The Labute approximate surface area is 89.9 Å².